The molecule has 2 atom stereocenters. The lowest BCUT2D eigenvalue weighted by Gasteiger charge is -2.43. The summed E-state index contributed by atoms with van der Waals surface area (Å²) in [6, 6.07) is 8.61. The number of nitrogens with one attached hydrogen (secondary N) is 1. The molecule has 0 saturated carbocycles. The van der Waals surface area contributed by atoms with Gasteiger partial charge in [-0.15, -0.1) is 12.4 Å². The van der Waals surface area contributed by atoms with Crippen molar-refractivity contribution in [3.05, 3.63) is 30.3 Å². The Balaban J connectivity index is 0.00000312. The van der Waals surface area contributed by atoms with Gasteiger partial charge in [-0.05, 0) is 30.9 Å². The molecule has 6 nitrogen and oxygen atoms in total. The summed E-state index contributed by atoms with van der Waals surface area (Å²) in [7, 11) is 0. The van der Waals surface area contributed by atoms with Crippen molar-refractivity contribution in [2.75, 3.05) is 19.7 Å². The minimum atomic E-state index is -0.581. The summed E-state index contributed by atoms with van der Waals surface area (Å²) in [4.78, 5) is 26.3. The smallest absolute Gasteiger partial charge is 0.258 e. The van der Waals surface area contributed by atoms with Crippen LogP contribution in [0, 0.1) is 5.41 Å². The molecule has 0 radical (unpaired) electrons. The highest BCUT2D eigenvalue weighted by molar-refractivity contribution is 5.88. The Hall–Kier alpha value is -1.79. The van der Waals surface area contributed by atoms with Crippen LogP contribution < -0.4 is 15.8 Å². The Morgan fingerprint density at radius 3 is 2.60 bits per heavy atom. The molecular formula is C18H28ClN3O3. The van der Waals surface area contributed by atoms with E-state index in [0.717, 1.165) is 6.42 Å². The van der Waals surface area contributed by atoms with E-state index in [0.29, 0.717) is 18.8 Å². The van der Waals surface area contributed by atoms with Gasteiger partial charge >= 0.3 is 0 Å². The second kappa shape index (κ2) is 9.06. The quantitative estimate of drug-likeness (QED) is 0.825. The summed E-state index contributed by atoms with van der Waals surface area (Å²) in [6.07, 6.45) is 0.774. The van der Waals surface area contributed by atoms with Crippen molar-refractivity contribution in [1.82, 2.24) is 10.2 Å². The van der Waals surface area contributed by atoms with Crippen LogP contribution >= 0.6 is 12.4 Å². The molecule has 1 aliphatic rings. The number of hydrogen-bond donors (Lipinski definition) is 2. The first kappa shape index (κ1) is 21.3. The topological polar surface area (TPSA) is 84.7 Å². The number of carbonyl (C=O) groups is 2. The predicted octanol–water partition coefficient (Wildman–Crippen LogP) is 1.58. The molecule has 1 saturated heterocycles. The SMILES string of the molecule is CC(NC(=O)COc1ccccc1)C(=O)N1CCC(N)C(C)(C)C1.Cl. The Bertz CT molecular complexity index is 580. The van der Waals surface area contributed by atoms with Gasteiger partial charge in [-0.3, -0.25) is 9.59 Å². The molecule has 0 bridgehead atoms. The van der Waals surface area contributed by atoms with Gasteiger partial charge in [-0.2, -0.15) is 0 Å². The van der Waals surface area contributed by atoms with Gasteiger partial charge in [0.15, 0.2) is 6.61 Å². The monoisotopic (exact) mass is 369 g/mol. The number of rotatable bonds is 5. The highest BCUT2D eigenvalue weighted by Gasteiger charge is 2.36. The molecule has 1 heterocycles. The van der Waals surface area contributed by atoms with Crippen molar-refractivity contribution < 1.29 is 14.3 Å². The summed E-state index contributed by atoms with van der Waals surface area (Å²) in [5, 5.41) is 2.70. The Labute approximate surface area is 155 Å². The van der Waals surface area contributed by atoms with E-state index >= 15 is 0 Å². The van der Waals surface area contributed by atoms with Crippen molar-refractivity contribution in [2.45, 2.75) is 39.3 Å². The standard InChI is InChI=1S/C18H27N3O3.ClH/c1-13(17(23)21-10-9-15(19)18(2,3)12-21)20-16(22)11-24-14-7-5-4-6-8-14;/h4-8,13,15H,9-12,19H2,1-3H3,(H,20,22);1H. The third-order valence-corrected chi connectivity index (χ3v) is 4.48. The lowest BCUT2D eigenvalue weighted by molar-refractivity contribution is -0.139. The minimum Gasteiger partial charge on any atom is -0.484 e. The maximum Gasteiger partial charge on any atom is 0.258 e. The van der Waals surface area contributed by atoms with Crippen LogP contribution in [0.25, 0.3) is 0 Å². The van der Waals surface area contributed by atoms with Gasteiger partial charge < -0.3 is 20.7 Å². The number of para-hydroxylation sites is 1. The number of piperidine rings is 1. The molecule has 140 valence electrons. The predicted molar refractivity (Wildman–Crippen MR) is 99.7 cm³/mol. The van der Waals surface area contributed by atoms with Gasteiger partial charge in [0.05, 0.1) is 0 Å². The molecule has 1 aromatic rings. The Morgan fingerprint density at radius 2 is 2.00 bits per heavy atom. The van der Waals surface area contributed by atoms with Gasteiger partial charge in [0.1, 0.15) is 11.8 Å². The maximum absolute atomic E-state index is 12.5. The van der Waals surface area contributed by atoms with Crippen LogP contribution in [-0.4, -0.2) is 48.5 Å². The van der Waals surface area contributed by atoms with Gasteiger partial charge in [-0.25, -0.2) is 0 Å². The second-order valence-electron chi connectivity index (χ2n) is 7.03. The average molecular weight is 370 g/mol. The van der Waals surface area contributed by atoms with Gasteiger partial charge in [0.2, 0.25) is 5.91 Å². The second-order valence-corrected chi connectivity index (χ2v) is 7.03. The lowest BCUT2D eigenvalue weighted by Crippen LogP contribution is -2.57. The molecule has 1 aliphatic heterocycles. The van der Waals surface area contributed by atoms with E-state index in [1.807, 2.05) is 18.2 Å². The largest absolute Gasteiger partial charge is 0.484 e. The van der Waals surface area contributed by atoms with E-state index in [2.05, 4.69) is 19.2 Å². The molecule has 0 spiro atoms. The third-order valence-electron chi connectivity index (χ3n) is 4.48. The number of nitrogens with zero attached hydrogens (tertiary/aromatic N) is 1. The molecule has 25 heavy (non-hydrogen) atoms. The van der Waals surface area contributed by atoms with Crippen LogP contribution in [0.4, 0.5) is 0 Å². The summed E-state index contributed by atoms with van der Waals surface area (Å²) in [5.74, 6) is 0.231. The zero-order chi connectivity index (χ0) is 17.7. The van der Waals surface area contributed by atoms with Crippen molar-refractivity contribution >= 4 is 24.2 Å². The number of hydrogen-bond acceptors (Lipinski definition) is 4. The fraction of sp³-hybridized carbons (Fsp3) is 0.556. The number of nitrogens with two attached hydrogens (primary N) is 1. The molecule has 3 N–H and O–H groups in total. The van der Waals surface area contributed by atoms with Gasteiger partial charge in [0.25, 0.3) is 5.91 Å². The number of ether oxygens (including phenoxy) is 1. The van der Waals surface area contributed by atoms with E-state index in [-0.39, 0.29) is 42.3 Å². The van der Waals surface area contributed by atoms with E-state index in [1.54, 1.807) is 24.0 Å². The number of halogens is 1. The molecule has 0 aromatic heterocycles. The first-order valence-corrected chi connectivity index (χ1v) is 8.31. The van der Waals surface area contributed by atoms with Crippen molar-refractivity contribution in [3.8, 4) is 5.75 Å². The molecule has 1 aromatic carbocycles. The van der Waals surface area contributed by atoms with Crippen LogP contribution in [0.15, 0.2) is 30.3 Å². The maximum atomic E-state index is 12.5. The first-order valence-electron chi connectivity index (χ1n) is 8.31. The normalized spacial score (nSPS) is 20.2. The highest BCUT2D eigenvalue weighted by Crippen LogP contribution is 2.27. The molecule has 2 unspecified atom stereocenters. The molecule has 1 fully saturated rings. The van der Waals surface area contributed by atoms with Crippen molar-refractivity contribution in [3.63, 3.8) is 0 Å². The fourth-order valence-corrected chi connectivity index (χ4v) is 2.85. The highest BCUT2D eigenvalue weighted by atomic mass is 35.5. The molecular weight excluding hydrogens is 342 g/mol. The molecule has 0 aliphatic carbocycles. The van der Waals surface area contributed by atoms with E-state index in [1.165, 1.54) is 0 Å². The lowest BCUT2D eigenvalue weighted by atomic mass is 9.79. The summed E-state index contributed by atoms with van der Waals surface area (Å²) in [6.45, 7) is 6.95. The third kappa shape index (κ3) is 5.90. The van der Waals surface area contributed by atoms with E-state index in [9.17, 15) is 9.59 Å². The zero-order valence-electron chi connectivity index (χ0n) is 15.0. The molecule has 2 amide bonds. The zero-order valence-corrected chi connectivity index (χ0v) is 15.8. The van der Waals surface area contributed by atoms with Crippen LogP contribution in [0.1, 0.15) is 27.2 Å². The summed E-state index contributed by atoms with van der Waals surface area (Å²) < 4.78 is 5.39. The van der Waals surface area contributed by atoms with Crippen molar-refractivity contribution in [2.24, 2.45) is 11.1 Å². The van der Waals surface area contributed by atoms with Crippen LogP contribution in [-0.2, 0) is 9.59 Å². The fourth-order valence-electron chi connectivity index (χ4n) is 2.85. The number of likely N-dealkylation sites (tertiary alicyclic amines) is 1. The Kier molecular flexibility index (Phi) is 7.70. The van der Waals surface area contributed by atoms with Crippen LogP contribution in [0.2, 0.25) is 0 Å². The number of carbonyl (C=O) groups excluding carboxylic acids is 2. The number of amides is 2. The average Bonchev–Trinajstić information content (AvgIpc) is 2.55. The molecule has 2 rings (SSSR count). The van der Waals surface area contributed by atoms with Gasteiger partial charge in [-0.1, -0.05) is 32.0 Å². The first-order chi connectivity index (χ1) is 11.3. The summed E-state index contributed by atoms with van der Waals surface area (Å²) >= 11 is 0. The molecule has 7 heteroatoms. The van der Waals surface area contributed by atoms with E-state index in [4.69, 9.17) is 10.5 Å². The van der Waals surface area contributed by atoms with Crippen LogP contribution in [0.5, 0.6) is 5.75 Å². The van der Waals surface area contributed by atoms with Crippen molar-refractivity contribution in [1.29, 1.82) is 0 Å². The number of benzene rings is 1. The minimum absolute atomic E-state index is 0. The Morgan fingerprint density at radius 1 is 1.36 bits per heavy atom. The summed E-state index contributed by atoms with van der Waals surface area (Å²) in [5.41, 5.74) is 5.99. The van der Waals surface area contributed by atoms with Crippen LogP contribution in [0.3, 0.4) is 0 Å². The van der Waals surface area contributed by atoms with Gasteiger partial charge in [0, 0.05) is 19.1 Å². The van der Waals surface area contributed by atoms with E-state index < -0.39 is 6.04 Å².